The number of nitrogens with zero attached hydrogens (tertiary/aromatic N) is 4. The molecule has 0 bridgehead atoms. The van der Waals surface area contributed by atoms with Crippen LogP contribution in [0, 0.1) is 17.7 Å². The Hall–Kier alpha value is -3.39. The fourth-order valence-electron chi connectivity index (χ4n) is 5.04. The van der Waals surface area contributed by atoms with Crippen molar-refractivity contribution in [3.63, 3.8) is 0 Å². The van der Waals surface area contributed by atoms with Crippen LogP contribution in [0.1, 0.15) is 60.7 Å². The zero-order chi connectivity index (χ0) is 25.4. The Kier molecular flexibility index (Phi) is 6.71. The van der Waals surface area contributed by atoms with Gasteiger partial charge in [-0.2, -0.15) is 0 Å². The zero-order valence-corrected chi connectivity index (χ0v) is 20.4. The van der Waals surface area contributed by atoms with Gasteiger partial charge in [0, 0.05) is 30.1 Å². The second-order valence-corrected chi connectivity index (χ2v) is 9.95. The lowest BCUT2D eigenvalue weighted by molar-refractivity contribution is 0.0684. The number of carbonyl (C=O) groups is 1. The number of aromatic nitrogens is 4. The van der Waals surface area contributed by atoms with Gasteiger partial charge in [0.1, 0.15) is 11.5 Å². The Morgan fingerprint density at radius 2 is 1.92 bits per heavy atom. The molecule has 1 aromatic carbocycles. The van der Waals surface area contributed by atoms with E-state index < -0.39 is 23.8 Å². The number of carboxylic acid groups (broad SMARTS) is 1. The summed E-state index contributed by atoms with van der Waals surface area (Å²) in [5.74, 6) is -1.45. The number of hydrogen-bond donors (Lipinski definition) is 1. The van der Waals surface area contributed by atoms with Gasteiger partial charge in [-0.15, -0.1) is 0 Å². The molecule has 1 fully saturated rings. The molecule has 3 aromatic heterocycles. The number of pyridine rings is 1. The Labute approximate surface area is 212 Å². The molecule has 1 aliphatic rings. The van der Waals surface area contributed by atoms with Crippen molar-refractivity contribution in [2.75, 3.05) is 0 Å². The van der Waals surface area contributed by atoms with Crippen molar-refractivity contribution >= 4 is 28.6 Å². The third-order valence-corrected chi connectivity index (χ3v) is 7.17. The summed E-state index contributed by atoms with van der Waals surface area (Å²) < 4.78 is 32.4. The maximum Gasteiger partial charge on any atom is 0.373 e. The molecule has 9 heteroatoms. The largest absolute Gasteiger partial charge is 0.475 e. The number of rotatable bonds is 6. The van der Waals surface area contributed by atoms with Gasteiger partial charge in [0.2, 0.25) is 5.82 Å². The van der Waals surface area contributed by atoms with Crippen molar-refractivity contribution in [3.05, 3.63) is 76.7 Å². The first kappa shape index (κ1) is 24.3. The molecule has 1 aliphatic carbocycles. The van der Waals surface area contributed by atoms with Crippen molar-refractivity contribution in [1.82, 2.24) is 19.5 Å². The Morgan fingerprint density at radius 1 is 1.17 bits per heavy atom. The standard InChI is InChI=1S/C27H25ClF2N4O2/c1-15-6-8-16(9-7-15)14-34-22(23(30)19-4-2-3-5-20(19)29)11-21-25(34)24(33-26(32-21)27(35)36)17-10-18(28)13-31-12-17/h2-5,10-13,15-16,23H,6-9,14H2,1H3,(H,35,36). The minimum absolute atomic E-state index is 0.0868. The average molecular weight is 511 g/mol. The first-order valence-electron chi connectivity index (χ1n) is 12.0. The third kappa shape index (κ3) is 4.69. The molecule has 0 radical (unpaired) electrons. The highest BCUT2D eigenvalue weighted by Gasteiger charge is 2.28. The lowest BCUT2D eigenvalue weighted by atomic mass is 9.83. The molecule has 0 aliphatic heterocycles. The van der Waals surface area contributed by atoms with Crippen molar-refractivity contribution < 1.29 is 18.7 Å². The van der Waals surface area contributed by atoms with Gasteiger partial charge in [0.15, 0.2) is 6.17 Å². The predicted molar refractivity (Wildman–Crippen MR) is 133 cm³/mol. The lowest BCUT2D eigenvalue weighted by Crippen LogP contribution is -2.20. The van der Waals surface area contributed by atoms with Crippen LogP contribution in [0.5, 0.6) is 0 Å². The summed E-state index contributed by atoms with van der Waals surface area (Å²) in [6, 6.07) is 8.88. The Balaban J connectivity index is 1.75. The molecule has 4 aromatic rings. The number of fused-ring (bicyclic) bond motifs is 1. The predicted octanol–water partition coefficient (Wildman–Crippen LogP) is 6.87. The van der Waals surface area contributed by atoms with Crippen molar-refractivity contribution in [3.8, 4) is 11.3 Å². The minimum Gasteiger partial charge on any atom is -0.475 e. The van der Waals surface area contributed by atoms with Crippen LogP contribution in [0.3, 0.4) is 0 Å². The van der Waals surface area contributed by atoms with Gasteiger partial charge in [0.05, 0.1) is 21.7 Å². The van der Waals surface area contributed by atoms with E-state index >= 15 is 4.39 Å². The summed E-state index contributed by atoms with van der Waals surface area (Å²) in [4.78, 5) is 24.5. The molecule has 1 saturated carbocycles. The normalized spacial score (nSPS) is 18.9. The Morgan fingerprint density at radius 3 is 2.61 bits per heavy atom. The first-order valence-corrected chi connectivity index (χ1v) is 12.3. The summed E-state index contributed by atoms with van der Waals surface area (Å²) in [5.41, 5.74) is 1.66. The van der Waals surface area contributed by atoms with E-state index in [-0.39, 0.29) is 22.7 Å². The highest BCUT2D eigenvalue weighted by molar-refractivity contribution is 6.30. The molecule has 3 heterocycles. The van der Waals surface area contributed by atoms with Crippen molar-refractivity contribution in [1.29, 1.82) is 0 Å². The monoisotopic (exact) mass is 510 g/mol. The van der Waals surface area contributed by atoms with E-state index in [1.54, 1.807) is 16.7 Å². The highest BCUT2D eigenvalue weighted by Crippen LogP contribution is 2.38. The van der Waals surface area contributed by atoms with Crippen LogP contribution in [0.4, 0.5) is 8.78 Å². The highest BCUT2D eigenvalue weighted by atomic mass is 35.5. The topological polar surface area (TPSA) is 80.9 Å². The number of hydrogen-bond acceptors (Lipinski definition) is 4. The molecular weight excluding hydrogens is 486 g/mol. The zero-order valence-electron chi connectivity index (χ0n) is 19.7. The fraction of sp³-hybridized carbons (Fsp3) is 0.333. The van der Waals surface area contributed by atoms with E-state index in [1.807, 2.05) is 0 Å². The molecule has 0 spiro atoms. The lowest BCUT2D eigenvalue weighted by Gasteiger charge is -2.28. The Bertz CT molecular complexity index is 1430. The van der Waals surface area contributed by atoms with Gasteiger partial charge in [-0.3, -0.25) is 4.98 Å². The van der Waals surface area contributed by atoms with Gasteiger partial charge >= 0.3 is 5.97 Å². The van der Waals surface area contributed by atoms with Crippen LogP contribution in [-0.4, -0.2) is 30.6 Å². The van der Waals surface area contributed by atoms with E-state index in [1.165, 1.54) is 36.7 Å². The van der Waals surface area contributed by atoms with Gasteiger partial charge in [0.25, 0.3) is 0 Å². The first-order chi connectivity index (χ1) is 17.3. The quantitative estimate of drug-likeness (QED) is 0.306. The second-order valence-electron chi connectivity index (χ2n) is 9.52. The molecule has 186 valence electrons. The smallest absolute Gasteiger partial charge is 0.373 e. The average Bonchev–Trinajstić information content (AvgIpc) is 3.23. The molecule has 36 heavy (non-hydrogen) atoms. The molecular formula is C27H25ClF2N4O2. The molecule has 0 saturated heterocycles. The van der Waals surface area contributed by atoms with E-state index in [9.17, 15) is 14.3 Å². The third-order valence-electron chi connectivity index (χ3n) is 6.96. The SMILES string of the molecule is CC1CCC(Cn2c(C(F)c3ccccc3F)cc3nc(C(=O)O)nc(-c4cncc(Cl)c4)c32)CC1. The molecule has 5 rings (SSSR count). The summed E-state index contributed by atoms with van der Waals surface area (Å²) in [7, 11) is 0. The molecule has 0 amide bonds. The minimum atomic E-state index is -1.78. The molecule has 1 unspecified atom stereocenters. The maximum atomic E-state index is 16.0. The molecule has 1 atom stereocenters. The van der Waals surface area contributed by atoms with Crippen molar-refractivity contribution in [2.45, 2.75) is 45.3 Å². The second kappa shape index (κ2) is 9.93. The van der Waals surface area contributed by atoms with Crippen LogP contribution in [0.25, 0.3) is 22.3 Å². The van der Waals surface area contributed by atoms with Gasteiger partial charge in [-0.1, -0.05) is 49.6 Å². The van der Waals surface area contributed by atoms with Crippen LogP contribution in [-0.2, 0) is 6.54 Å². The number of halogens is 3. The molecule has 6 nitrogen and oxygen atoms in total. The summed E-state index contributed by atoms with van der Waals surface area (Å²) in [6.07, 6.45) is 5.35. The van der Waals surface area contributed by atoms with Gasteiger partial charge in [-0.05, 0) is 42.9 Å². The summed E-state index contributed by atoms with van der Waals surface area (Å²) in [5, 5.41) is 10.0. The van der Waals surface area contributed by atoms with Crippen LogP contribution >= 0.6 is 11.6 Å². The van der Waals surface area contributed by atoms with E-state index in [4.69, 9.17) is 11.6 Å². The van der Waals surface area contributed by atoms with Crippen LogP contribution in [0.15, 0.2) is 48.8 Å². The summed E-state index contributed by atoms with van der Waals surface area (Å²) >= 11 is 6.18. The van der Waals surface area contributed by atoms with E-state index in [0.717, 1.165) is 25.7 Å². The number of carboxylic acids is 1. The molecule has 1 N–H and O–H groups in total. The van der Waals surface area contributed by atoms with Crippen molar-refractivity contribution in [2.24, 2.45) is 11.8 Å². The number of aromatic carboxylic acids is 1. The number of alkyl halides is 1. The van der Waals surface area contributed by atoms with Crippen LogP contribution < -0.4 is 0 Å². The van der Waals surface area contributed by atoms with Crippen LogP contribution in [0.2, 0.25) is 5.02 Å². The maximum absolute atomic E-state index is 16.0. The van der Waals surface area contributed by atoms with E-state index in [2.05, 4.69) is 21.9 Å². The summed E-state index contributed by atoms with van der Waals surface area (Å²) in [6.45, 7) is 2.71. The van der Waals surface area contributed by atoms with Gasteiger partial charge in [-0.25, -0.2) is 23.5 Å². The van der Waals surface area contributed by atoms with E-state index in [0.29, 0.717) is 34.3 Å². The van der Waals surface area contributed by atoms with Gasteiger partial charge < -0.3 is 9.67 Å². The fourth-order valence-corrected chi connectivity index (χ4v) is 5.21. The number of benzene rings is 1.